The topological polar surface area (TPSA) is 124 Å². The molecule has 0 saturated heterocycles. The number of carbonyl (C=O) groups excluding carboxylic acids is 2. The Morgan fingerprint density at radius 1 is 1.09 bits per heavy atom. The summed E-state index contributed by atoms with van der Waals surface area (Å²) in [6.07, 6.45) is 3.39. The molecule has 2 amide bonds. The van der Waals surface area contributed by atoms with Crippen LogP contribution in [-0.2, 0) is 11.3 Å². The summed E-state index contributed by atoms with van der Waals surface area (Å²) in [4.78, 5) is 28.2. The Kier molecular flexibility index (Phi) is 6.75. The molecule has 0 aliphatic rings. The van der Waals surface area contributed by atoms with Gasteiger partial charge in [-0.25, -0.2) is 0 Å². The number of nitrogens with one attached hydrogen (secondary N) is 2. The molecule has 0 atom stereocenters. The van der Waals surface area contributed by atoms with Crippen molar-refractivity contribution in [3.63, 3.8) is 0 Å². The quantitative estimate of drug-likeness (QED) is 0.338. The summed E-state index contributed by atoms with van der Waals surface area (Å²) in [5.74, 6) is -0.00742. The van der Waals surface area contributed by atoms with Crippen LogP contribution < -0.4 is 15.4 Å². The second-order valence-corrected chi connectivity index (χ2v) is 7.66. The van der Waals surface area contributed by atoms with Crippen molar-refractivity contribution in [1.82, 2.24) is 30.6 Å². The number of carbonyl (C=O) groups is 2. The molecule has 2 N–H and O–H groups in total. The molecule has 0 aliphatic heterocycles. The van der Waals surface area contributed by atoms with Crippen molar-refractivity contribution in [2.45, 2.75) is 6.54 Å². The van der Waals surface area contributed by atoms with Gasteiger partial charge in [-0.2, -0.15) is 10.1 Å². The van der Waals surface area contributed by atoms with Crippen molar-refractivity contribution >= 4 is 38.5 Å². The molecule has 0 aliphatic carbocycles. The van der Waals surface area contributed by atoms with Gasteiger partial charge in [0.2, 0.25) is 0 Å². The standard InChI is InChI=1S/C21H19BrN6O4/c22-15-10-25-28(11-15)12-18-26-21(32-27-18)20(30)24-9-8-23-19(29)13-31-17-7-3-5-14-4-1-2-6-16(14)17/h1-7,10-11H,8-9,12-13H2,(H,23,29)(H,24,30). The molecular weight excluding hydrogens is 480 g/mol. The predicted molar refractivity (Wildman–Crippen MR) is 118 cm³/mol. The highest BCUT2D eigenvalue weighted by Gasteiger charge is 2.15. The fourth-order valence-corrected chi connectivity index (χ4v) is 3.28. The van der Waals surface area contributed by atoms with Gasteiger partial charge in [0.1, 0.15) is 12.3 Å². The van der Waals surface area contributed by atoms with Crippen molar-refractivity contribution < 1.29 is 18.8 Å². The molecule has 2 aromatic heterocycles. The van der Waals surface area contributed by atoms with E-state index in [9.17, 15) is 9.59 Å². The molecule has 0 radical (unpaired) electrons. The number of hydrogen-bond acceptors (Lipinski definition) is 7. The smallest absolute Gasteiger partial charge is 0.316 e. The Hall–Kier alpha value is -3.73. The summed E-state index contributed by atoms with van der Waals surface area (Å²) >= 11 is 3.30. The van der Waals surface area contributed by atoms with Crippen LogP contribution in [0.4, 0.5) is 0 Å². The van der Waals surface area contributed by atoms with Crippen LogP contribution in [0.15, 0.2) is 63.9 Å². The summed E-state index contributed by atoms with van der Waals surface area (Å²) in [5.41, 5.74) is 0. The lowest BCUT2D eigenvalue weighted by atomic mass is 10.1. The fraction of sp³-hybridized carbons (Fsp3) is 0.190. The lowest BCUT2D eigenvalue weighted by Gasteiger charge is -2.10. The number of fused-ring (bicyclic) bond motifs is 1. The van der Waals surface area contributed by atoms with E-state index in [1.165, 1.54) is 0 Å². The number of rotatable bonds is 9. The van der Waals surface area contributed by atoms with Gasteiger partial charge in [-0.05, 0) is 27.4 Å². The largest absolute Gasteiger partial charge is 0.483 e. The van der Waals surface area contributed by atoms with Gasteiger partial charge >= 0.3 is 11.8 Å². The van der Waals surface area contributed by atoms with E-state index in [0.29, 0.717) is 11.6 Å². The van der Waals surface area contributed by atoms with Crippen LogP contribution in [0.25, 0.3) is 10.8 Å². The zero-order chi connectivity index (χ0) is 22.3. The number of aromatic nitrogens is 4. The third-order valence-corrected chi connectivity index (χ3v) is 4.82. The lowest BCUT2D eigenvalue weighted by molar-refractivity contribution is -0.123. The van der Waals surface area contributed by atoms with Gasteiger partial charge in [-0.3, -0.25) is 14.3 Å². The average molecular weight is 499 g/mol. The third-order valence-electron chi connectivity index (χ3n) is 4.41. The molecule has 2 heterocycles. The first-order chi connectivity index (χ1) is 15.6. The molecule has 2 aromatic carbocycles. The van der Waals surface area contributed by atoms with Crippen LogP contribution >= 0.6 is 15.9 Å². The van der Waals surface area contributed by atoms with Gasteiger partial charge in [0.15, 0.2) is 12.4 Å². The zero-order valence-corrected chi connectivity index (χ0v) is 18.4. The Labute approximate surface area is 191 Å². The highest BCUT2D eigenvalue weighted by Crippen LogP contribution is 2.24. The molecule has 0 bridgehead atoms. The van der Waals surface area contributed by atoms with Crippen LogP contribution in [-0.4, -0.2) is 51.4 Å². The van der Waals surface area contributed by atoms with Gasteiger partial charge in [-0.1, -0.05) is 41.6 Å². The Morgan fingerprint density at radius 2 is 1.91 bits per heavy atom. The first-order valence-corrected chi connectivity index (χ1v) is 10.5. The Bertz CT molecular complexity index is 1230. The highest BCUT2D eigenvalue weighted by atomic mass is 79.9. The van der Waals surface area contributed by atoms with E-state index in [4.69, 9.17) is 9.26 Å². The number of hydrogen-bond donors (Lipinski definition) is 2. The highest BCUT2D eigenvalue weighted by molar-refractivity contribution is 9.10. The average Bonchev–Trinajstić information content (AvgIpc) is 3.44. The Balaban J connectivity index is 1.18. The molecule has 0 spiro atoms. The number of halogens is 1. The number of benzene rings is 2. The van der Waals surface area contributed by atoms with E-state index >= 15 is 0 Å². The first kappa shape index (κ1) is 21.5. The van der Waals surface area contributed by atoms with Crippen LogP contribution in [0.1, 0.15) is 16.5 Å². The van der Waals surface area contributed by atoms with Crippen LogP contribution in [0, 0.1) is 0 Å². The maximum absolute atomic E-state index is 12.1. The van der Waals surface area contributed by atoms with Gasteiger partial charge in [-0.15, -0.1) is 0 Å². The van der Waals surface area contributed by atoms with E-state index in [2.05, 4.69) is 41.8 Å². The van der Waals surface area contributed by atoms with Gasteiger partial charge in [0.25, 0.3) is 5.91 Å². The maximum atomic E-state index is 12.1. The van der Waals surface area contributed by atoms with Gasteiger partial charge in [0.05, 0.1) is 10.7 Å². The summed E-state index contributed by atoms with van der Waals surface area (Å²) in [5, 5.41) is 15.1. The number of ether oxygens (including phenoxy) is 1. The van der Waals surface area contributed by atoms with Crippen LogP contribution in [0.5, 0.6) is 5.75 Å². The first-order valence-electron chi connectivity index (χ1n) is 9.74. The van der Waals surface area contributed by atoms with E-state index in [1.54, 1.807) is 17.1 Å². The molecule has 32 heavy (non-hydrogen) atoms. The lowest BCUT2D eigenvalue weighted by Crippen LogP contribution is -2.36. The molecule has 0 unspecified atom stereocenters. The van der Waals surface area contributed by atoms with E-state index in [-0.39, 0.29) is 38.0 Å². The van der Waals surface area contributed by atoms with Crippen LogP contribution in [0.3, 0.4) is 0 Å². The number of nitrogens with zero attached hydrogens (tertiary/aromatic N) is 4. The normalized spacial score (nSPS) is 10.8. The van der Waals surface area contributed by atoms with E-state index < -0.39 is 5.91 Å². The summed E-state index contributed by atoms with van der Waals surface area (Å²) in [6.45, 7) is 0.572. The molecule has 4 aromatic rings. The van der Waals surface area contributed by atoms with E-state index in [0.717, 1.165) is 15.2 Å². The molecular formula is C21H19BrN6O4. The molecule has 11 heteroatoms. The van der Waals surface area contributed by atoms with Gasteiger partial charge < -0.3 is 19.9 Å². The maximum Gasteiger partial charge on any atom is 0.316 e. The molecule has 164 valence electrons. The SMILES string of the molecule is O=C(COc1cccc2ccccc12)NCCNC(=O)c1nc(Cn2cc(Br)cn2)no1. The summed E-state index contributed by atoms with van der Waals surface area (Å²) < 4.78 is 13.0. The number of amides is 2. The third kappa shape index (κ3) is 5.49. The second kappa shape index (κ2) is 10.1. The molecule has 4 rings (SSSR count). The van der Waals surface area contributed by atoms with Crippen molar-refractivity contribution in [1.29, 1.82) is 0 Å². The van der Waals surface area contributed by atoms with Gasteiger partial charge in [0, 0.05) is 24.7 Å². The molecule has 0 saturated carbocycles. The predicted octanol–water partition coefficient (Wildman–Crippen LogP) is 2.16. The van der Waals surface area contributed by atoms with Crippen LogP contribution in [0.2, 0.25) is 0 Å². The minimum atomic E-state index is -0.522. The van der Waals surface area contributed by atoms with Crippen molar-refractivity contribution in [3.05, 3.63) is 71.0 Å². The fourth-order valence-electron chi connectivity index (χ4n) is 2.95. The Morgan fingerprint density at radius 3 is 2.75 bits per heavy atom. The summed E-state index contributed by atoms with van der Waals surface area (Å²) in [6, 6.07) is 13.5. The zero-order valence-electron chi connectivity index (χ0n) is 16.8. The minimum Gasteiger partial charge on any atom is -0.483 e. The second-order valence-electron chi connectivity index (χ2n) is 6.74. The minimum absolute atomic E-state index is 0.126. The van der Waals surface area contributed by atoms with Crippen molar-refractivity contribution in [3.8, 4) is 5.75 Å². The van der Waals surface area contributed by atoms with Crippen molar-refractivity contribution in [2.75, 3.05) is 19.7 Å². The van der Waals surface area contributed by atoms with E-state index in [1.807, 2.05) is 42.5 Å². The van der Waals surface area contributed by atoms with Crippen molar-refractivity contribution in [2.24, 2.45) is 0 Å². The summed E-state index contributed by atoms with van der Waals surface area (Å²) in [7, 11) is 0. The monoisotopic (exact) mass is 498 g/mol. The molecule has 10 nitrogen and oxygen atoms in total. The molecule has 0 fully saturated rings.